The van der Waals surface area contributed by atoms with Gasteiger partial charge in [-0.2, -0.15) is 0 Å². The first kappa shape index (κ1) is 31.7. The fraction of sp³-hybridized carbons (Fsp3) is 0.375. The molecule has 0 saturated carbocycles. The Bertz CT molecular complexity index is 1440. The summed E-state index contributed by atoms with van der Waals surface area (Å²) in [6.07, 6.45) is 1.09. The number of benzene rings is 3. The van der Waals surface area contributed by atoms with E-state index in [1.165, 1.54) is 4.90 Å². The Labute approximate surface area is 244 Å². The van der Waals surface area contributed by atoms with Crippen molar-refractivity contribution < 1.29 is 22.7 Å². The molecule has 0 aliphatic heterocycles. The van der Waals surface area contributed by atoms with Crippen LogP contribution in [-0.4, -0.2) is 50.9 Å². The van der Waals surface area contributed by atoms with Gasteiger partial charge in [-0.15, -0.1) is 0 Å². The normalized spacial score (nSPS) is 12.7. The summed E-state index contributed by atoms with van der Waals surface area (Å²) in [7, 11) is -2.55. The fourth-order valence-electron chi connectivity index (χ4n) is 4.48. The summed E-state index contributed by atoms with van der Waals surface area (Å²) in [5.74, 6) is -0.145. The third-order valence-electron chi connectivity index (χ3n) is 7.05. The van der Waals surface area contributed by atoms with Crippen LogP contribution in [0.15, 0.2) is 77.7 Å². The Morgan fingerprint density at radius 1 is 0.902 bits per heavy atom. The van der Waals surface area contributed by atoms with Crippen molar-refractivity contribution in [3.8, 4) is 5.75 Å². The van der Waals surface area contributed by atoms with Gasteiger partial charge in [0.1, 0.15) is 18.3 Å². The monoisotopic (exact) mass is 579 g/mol. The van der Waals surface area contributed by atoms with Crippen LogP contribution in [0.3, 0.4) is 0 Å². The molecule has 0 fully saturated rings. The lowest BCUT2D eigenvalue weighted by molar-refractivity contribution is -0.140. The highest BCUT2D eigenvalue weighted by atomic mass is 32.2. The molecule has 0 bridgehead atoms. The van der Waals surface area contributed by atoms with E-state index in [9.17, 15) is 18.0 Å². The van der Waals surface area contributed by atoms with E-state index in [1.807, 2.05) is 52.8 Å². The Balaban J connectivity index is 2.07. The van der Waals surface area contributed by atoms with Gasteiger partial charge in [-0.05, 0) is 81.1 Å². The maximum atomic E-state index is 14.2. The molecule has 0 radical (unpaired) electrons. The lowest BCUT2D eigenvalue weighted by atomic mass is 10.1. The van der Waals surface area contributed by atoms with E-state index >= 15 is 0 Å². The van der Waals surface area contributed by atoms with Gasteiger partial charge in [-0.25, -0.2) is 8.42 Å². The number of hydrogen-bond acceptors (Lipinski definition) is 5. The average Bonchev–Trinajstić information content (AvgIpc) is 2.95. The van der Waals surface area contributed by atoms with Gasteiger partial charge in [0, 0.05) is 12.6 Å². The Morgan fingerprint density at radius 2 is 1.59 bits per heavy atom. The topological polar surface area (TPSA) is 96.0 Å². The summed E-state index contributed by atoms with van der Waals surface area (Å²) in [4.78, 5) is 29.1. The van der Waals surface area contributed by atoms with Crippen molar-refractivity contribution >= 4 is 27.5 Å². The standard InChI is InChI=1S/C32H41N3O5S/c1-7-25(5)33-32(37)30(8-2)34(21-26-12-10-14-28(20-26)40-6)31(36)22-35(27-13-9-11-24(4)19-27)41(38,39)29-17-15-23(3)16-18-29/h9-20,25,30H,7-8,21-22H2,1-6H3,(H,33,37). The van der Waals surface area contributed by atoms with E-state index < -0.39 is 28.5 Å². The van der Waals surface area contributed by atoms with E-state index in [2.05, 4.69) is 5.32 Å². The first-order valence-electron chi connectivity index (χ1n) is 13.9. The van der Waals surface area contributed by atoms with E-state index in [0.717, 1.165) is 27.4 Å². The molecule has 0 saturated heterocycles. The fourth-order valence-corrected chi connectivity index (χ4v) is 5.88. The molecule has 3 aromatic carbocycles. The maximum Gasteiger partial charge on any atom is 0.264 e. The highest BCUT2D eigenvalue weighted by molar-refractivity contribution is 7.92. The number of methoxy groups -OCH3 is 1. The predicted molar refractivity (Wildman–Crippen MR) is 162 cm³/mol. The van der Waals surface area contributed by atoms with Crippen LogP contribution in [0.4, 0.5) is 5.69 Å². The molecule has 0 heterocycles. The molecule has 0 aromatic heterocycles. The zero-order valence-corrected chi connectivity index (χ0v) is 25.6. The molecule has 2 atom stereocenters. The number of aryl methyl sites for hydroxylation is 2. The summed E-state index contributed by atoms with van der Waals surface area (Å²) in [5.41, 5.74) is 2.91. The van der Waals surface area contributed by atoms with Crippen LogP contribution >= 0.6 is 0 Å². The summed E-state index contributed by atoms with van der Waals surface area (Å²) < 4.78 is 34.4. The lowest BCUT2D eigenvalue weighted by Crippen LogP contribution is -2.53. The van der Waals surface area contributed by atoms with Gasteiger partial charge < -0.3 is 15.0 Å². The Kier molecular flexibility index (Phi) is 10.9. The number of amides is 2. The first-order valence-corrected chi connectivity index (χ1v) is 15.3. The SMILES string of the molecule is CCC(C)NC(=O)C(CC)N(Cc1cccc(OC)c1)C(=O)CN(c1cccc(C)c1)S(=O)(=O)c1ccc(C)cc1. The summed E-state index contributed by atoms with van der Waals surface area (Å²) >= 11 is 0. The van der Waals surface area contributed by atoms with Gasteiger partial charge in [0.25, 0.3) is 10.0 Å². The molecular formula is C32H41N3O5S. The molecule has 8 nitrogen and oxygen atoms in total. The van der Waals surface area contributed by atoms with E-state index in [0.29, 0.717) is 17.9 Å². The van der Waals surface area contributed by atoms with Crippen LogP contribution in [0.5, 0.6) is 5.75 Å². The minimum Gasteiger partial charge on any atom is -0.497 e. The van der Waals surface area contributed by atoms with Crippen molar-refractivity contribution in [2.45, 2.75) is 71.0 Å². The van der Waals surface area contributed by atoms with Gasteiger partial charge in [-0.3, -0.25) is 13.9 Å². The second-order valence-corrected chi connectivity index (χ2v) is 12.1. The molecule has 0 aliphatic rings. The molecule has 3 rings (SSSR count). The van der Waals surface area contributed by atoms with Crippen LogP contribution in [0.25, 0.3) is 0 Å². The second-order valence-electron chi connectivity index (χ2n) is 10.3. The minimum absolute atomic E-state index is 0.0731. The van der Waals surface area contributed by atoms with Gasteiger partial charge >= 0.3 is 0 Å². The van der Waals surface area contributed by atoms with Crippen molar-refractivity contribution in [1.82, 2.24) is 10.2 Å². The molecule has 2 amide bonds. The summed E-state index contributed by atoms with van der Waals surface area (Å²) in [5, 5.41) is 2.99. The first-order chi connectivity index (χ1) is 19.5. The van der Waals surface area contributed by atoms with Crippen molar-refractivity contribution in [2.24, 2.45) is 0 Å². The Morgan fingerprint density at radius 3 is 2.20 bits per heavy atom. The van der Waals surface area contributed by atoms with E-state index in [-0.39, 0.29) is 23.4 Å². The number of ether oxygens (including phenoxy) is 1. The number of carbonyl (C=O) groups is 2. The van der Waals surface area contributed by atoms with Crippen molar-refractivity contribution in [2.75, 3.05) is 18.0 Å². The van der Waals surface area contributed by atoms with E-state index in [1.54, 1.807) is 61.7 Å². The third kappa shape index (κ3) is 8.10. The lowest BCUT2D eigenvalue weighted by Gasteiger charge is -2.34. The van der Waals surface area contributed by atoms with Crippen LogP contribution in [0.1, 0.15) is 50.3 Å². The highest BCUT2D eigenvalue weighted by Gasteiger charge is 2.34. The number of carbonyl (C=O) groups excluding carboxylic acids is 2. The van der Waals surface area contributed by atoms with Gasteiger partial charge in [-0.1, -0.05) is 55.8 Å². The highest BCUT2D eigenvalue weighted by Crippen LogP contribution is 2.26. The summed E-state index contributed by atoms with van der Waals surface area (Å²) in [6.45, 7) is 9.10. The zero-order chi connectivity index (χ0) is 30.2. The zero-order valence-electron chi connectivity index (χ0n) is 24.8. The number of sulfonamides is 1. The maximum absolute atomic E-state index is 14.2. The minimum atomic E-state index is -4.11. The smallest absolute Gasteiger partial charge is 0.264 e. The second kappa shape index (κ2) is 14.2. The largest absolute Gasteiger partial charge is 0.497 e. The molecular weight excluding hydrogens is 538 g/mol. The third-order valence-corrected chi connectivity index (χ3v) is 8.84. The molecule has 2 unspecified atom stereocenters. The quantitative estimate of drug-likeness (QED) is 0.299. The van der Waals surface area contributed by atoms with Gasteiger partial charge in [0.05, 0.1) is 17.7 Å². The summed E-state index contributed by atoms with van der Waals surface area (Å²) in [6, 6.07) is 20.0. The molecule has 1 N–H and O–H groups in total. The molecule has 220 valence electrons. The molecule has 0 spiro atoms. The van der Waals surface area contributed by atoms with Crippen molar-refractivity contribution in [3.63, 3.8) is 0 Å². The molecule has 41 heavy (non-hydrogen) atoms. The Hall–Kier alpha value is -3.85. The van der Waals surface area contributed by atoms with Crippen LogP contribution in [-0.2, 0) is 26.2 Å². The number of hydrogen-bond donors (Lipinski definition) is 1. The predicted octanol–water partition coefficient (Wildman–Crippen LogP) is 5.23. The van der Waals surface area contributed by atoms with Gasteiger partial charge in [0.2, 0.25) is 11.8 Å². The number of nitrogens with zero attached hydrogens (tertiary/aromatic N) is 2. The number of anilines is 1. The van der Waals surface area contributed by atoms with Crippen molar-refractivity contribution in [1.29, 1.82) is 0 Å². The molecule has 0 aliphatic carbocycles. The van der Waals surface area contributed by atoms with Crippen molar-refractivity contribution in [3.05, 3.63) is 89.5 Å². The van der Waals surface area contributed by atoms with Crippen LogP contribution in [0, 0.1) is 13.8 Å². The number of nitrogens with one attached hydrogen (secondary N) is 1. The average molecular weight is 580 g/mol. The van der Waals surface area contributed by atoms with Gasteiger partial charge in [0.15, 0.2) is 0 Å². The molecule has 3 aromatic rings. The molecule has 9 heteroatoms. The van der Waals surface area contributed by atoms with Crippen LogP contribution in [0.2, 0.25) is 0 Å². The number of rotatable bonds is 13. The van der Waals surface area contributed by atoms with E-state index in [4.69, 9.17) is 4.74 Å². The van der Waals surface area contributed by atoms with Crippen LogP contribution < -0.4 is 14.4 Å².